The lowest BCUT2D eigenvalue weighted by Crippen LogP contribution is -2.48. The summed E-state index contributed by atoms with van der Waals surface area (Å²) in [6, 6.07) is 12.9. The summed E-state index contributed by atoms with van der Waals surface area (Å²) in [7, 11) is 0. The molecule has 3 aliphatic rings. The Morgan fingerprint density at radius 2 is 1.62 bits per heavy atom. The van der Waals surface area contributed by atoms with Crippen molar-refractivity contribution in [2.45, 2.75) is 44.1 Å². The van der Waals surface area contributed by atoms with Crippen LogP contribution < -0.4 is 15.4 Å². The van der Waals surface area contributed by atoms with Crippen LogP contribution in [0.5, 0.6) is 5.75 Å². The van der Waals surface area contributed by atoms with Gasteiger partial charge in [-0.15, -0.1) is 0 Å². The van der Waals surface area contributed by atoms with E-state index in [1.165, 1.54) is 22.3 Å². The highest BCUT2D eigenvalue weighted by Gasteiger charge is 2.37. The fourth-order valence-corrected chi connectivity index (χ4v) is 4.50. The van der Waals surface area contributed by atoms with Gasteiger partial charge in [-0.3, -0.25) is 4.79 Å². The molecule has 0 atom stereocenters. The monoisotopic (exact) mass is 348 g/mol. The maximum atomic E-state index is 11.5. The van der Waals surface area contributed by atoms with Crippen LogP contribution in [0.2, 0.25) is 0 Å². The van der Waals surface area contributed by atoms with Gasteiger partial charge in [0.15, 0.2) is 0 Å². The van der Waals surface area contributed by atoms with Gasteiger partial charge in [-0.25, -0.2) is 0 Å². The van der Waals surface area contributed by atoms with Gasteiger partial charge in [-0.05, 0) is 91.7 Å². The number of ether oxygens (including phenoxy) is 1. The molecule has 3 heterocycles. The molecular formula is C22H24N2O2. The summed E-state index contributed by atoms with van der Waals surface area (Å²) in [4.78, 5) is 11.5. The second-order valence-electron chi connectivity index (χ2n) is 7.78. The number of rotatable bonds is 1. The quantitative estimate of drug-likeness (QED) is 0.826. The number of hydrogen-bond acceptors (Lipinski definition) is 3. The molecule has 1 saturated heterocycles. The van der Waals surface area contributed by atoms with E-state index < -0.39 is 0 Å². The molecule has 134 valence electrons. The van der Waals surface area contributed by atoms with Crippen molar-refractivity contribution in [1.82, 2.24) is 5.32 Å². The molecule has 4 nitrogen and oxygen atoms in total. The molecule has 0 bridgehead atoms. The number of piperidine rings is 1. The summed E-state index contributed by atoms with van der Waals surface area (Å²) in [5.41, 5.74) is 5.99. The number of carbonyl (C=O) groups is 1. The minimum atomic E-state index is 0.0454. The standard InChI is InChI=1S/C22H24N2O2/c25-21-6-3-17-13-15(1-4-19(17)24-21)16-2-5-20-18(14-16)7-8-22(26-20)9-11-23-12-10-22/h1-2,4-5,13-14,23H,3,6-12H2,(H,24,25). The number of carbonyl (C=O) groups excluding carboxylic acids is 1. The highest BCUT2D eigenvalue weighted by atomic mass is 16.5. The minimum Gasteiger partial charge on any atom is -0.487 e. The lowest BCUT2D eigenvalue weighted by atomic mass is 9.83. The third kappa shape index (κ3) is 2.78. The Balaban J connectivity index is 1.43. The highest BCUT2D eigenvalue weighted by molar-refractivity contribution is 5.94. The first-order valence-electron chi connectivity index (χ1n) is 9.67. The van der Waals surface area contributed by atoms with Crippen LogP contribution in [0.25, 0.3) is 11.1 Å². The Labute approximate surface area is 153 Å². The maximum Gasteiger partial charge on any atom is 0.224 e. The van der Waals surface area contributed by atoms with Gasteiger partial charge in [0.1, 0.15) is 11.4 Å². The number of amides is 1. The Kier molecular flexibility index (Phi) is 3.75. The topological polar surface area (TPSA) is 50.4 Å². The normalized spacial score (nSPS) is 20.7. The van der Waals surface area contributed by atoms with Crippen LogP contribution in [0.1, 0.15) is 36.8 Å². The lowest BCUT2D eigenvalue weighted by molar-refractivity contribution is -0.116. The van der Waals surface area contributed by atoms with E-state index >= 15 is 0 Å². The number of nitrogens with one attached hydrogen (secondary N) is 2. The SMILES string of the molecule is O=C1CCc2cc(-c3ccc4c(c3)CCC3(CCNCC3)O4)ccc2N1. The number of hydrogen-bond donors (Lipinski definition) is 2. The summed E-state index contributed by atoms with van der Waals surface area (Å²) >= 11 is 0. The lowest BCUT2D eigenvalue weighted by Gasteiger charge is -2.41. The zero-order valence-corrected chi connectivity index (χ0v) is 14.9. The van der Waals surface area contributed by atoms with E-state index in [4.69, 9.17) is 4.74 Å². The fraction of sp³-hybridized carbons (Fsp3) is 0.409. The summed E-state index contributed by atoms with van der Waals surface area (Å²) < 4.78 is 6.47. The molecule has 26 heavy (non-hydrogen) atoms. The van der Waals surface area contributed by atoms with E-state index in [1.54, 1.807) is 0 Å². The molecule has 5 rings (SSSR count). The molecule has 4 heteroatoms. The summed E-state index contributed by atoms with van der Waals surface area (Å²) in [6.07, 6.45) is 5.80. The summed E-state index contributed by atoms with van der Waals surface area (Å²) in [6.45, 7) is 2.11. The first kappa shape index (κ1) is 15.9. The van der Waals surface area contributed by atoms with Crippen LogP contribution in [0.4, 0.5) is 5.69 Å². The van der Waals surface area contributed by atoms with Gasteiger partial charge in [-0.1, -0.05) is 12.1 Å². The molecule has 0 aliphatic carbocycles. The first-order chi connectivity index (χ1) is 12.7. The average molecular weight is 348 g/mol. The number of aryl methyl sites for hydroxylation is 2. The van der Waals surface area contributed by atoms with Crippen molar-refractivity contribution in [3.05, 3.63) is 47.5 Å². The van der Waals surface area contributed by atoms with Crippen LogP contribution >= 0.6 is 0 Å². The molecule has 0 radical (unpaired) electrons. The van der Waals surface area contributed by atoms with Crippen LogP contribution in [-0.2, 0) is 17.6 Å². The van der Waals surface area contributed by atoms with Crippen molar-refractivity contribution < 1.29 is 9.53 Å². The largest absolute Gasteiger partial charge is 0.487 e. The second kappa shape index (κ2) is 6.13. The second-order valence-corrected chi connectivity index (χ2v) is 7.78. The van der Waals surface area contributed by atoms with Gasteiger partial charge in [0.2, 0.25) is 5.91 Å². The molecule has 0 unspecified atom stereocenters. The smallest absolute Gasteiger partial charge is 0.224 e. The Hall–Kier alpha value is -2.33. The predicted molar refractivity (Wildman–Crippen MR) is 103 cm³/mol. The average Bonchev–Trinajstić information content (AvgIpc) is 2.68. The van der Waals surface area contributed by atoms with Gasteiger partial charge < -0.3 is 15.4 Å². The van der Waals surface area contributed by atoms with Crippen molar-refractivity contribution >= 4 is 11.6 Å². The molecule has 3 aliphatic heterocycles. The number of fused-ring (bicyclic) bond motifs is 2. The molecular weight excluding hydrogens is 324 g/mol. The molecule has 0 aromatic heterocycles. The third-order valence-electron chi connectivity index (χ3n) is 6.09. The van der Waals surface area contributed by atoms with E-state index in [1.807, 2.05) is 6.07 Å². The van der Waals surface area contributed by atoms with Crippen molar-refractivity contribution in [2.75, 3.05) is 18.4 Å². The van der Waals surface area contributed by atoms with E-state index in [-0.39, 0.29) is 11.5 Å². The summed E-state index contributed by atoms with van der Waals surface area (Å²) in [5.74, 6) is 1.18. The van der Waals surface area contributed by atoms with Gasteiger partial charge in [0, 0.05) is 12.1 Å². The van der Waals surface area contributed by atoms with Crippen molar-refractivity contribution in [2.24, 2.45) is 0 Å². The molecule has 1 amide bonds. The Morgan fingerprint density at radius 3 is 2.46 bits per heavy atom. The summed E-state index contributed by atoms with van der Waals surface area (Å²) in [5, 5.41) is 6.39. The number of anilines is 1. The van der Waals surface area contributed by atoms with Crippen molar-refractivity contribution in [3.8, 4) is 16.9 Å². The molecule has 1 spiro atoms. The molecule has 1 fully saturated rings. The predicted octanol–water partition coefficient (Wildman–Crippen LogP) is 3.69. The van der Waals surface area contributed by atoms with Crippen LogP contribution in [-0.4, -0.2) is 24.6 Å². The number of benzene rings is 2. The minimum absolute atomic E-state index is 0.0454. The molecule has 2 N–H and O–H groups in total. The Bertz CT molecular complexity index is 868. The molecule has 0 saturated carbocycles. The fourth-order valence-electron chi connectivity index (χ4n) is 4.50. The van der Waals surface area contributed by atoms with Crippen LogP contribution in [0.3, 0.4) is 0 Å². The molecule has 2 aromatic rings. The van der Waals surface area contributed by atoms with Gasteiger partial charge >= 0.3 is 0 Å². The molecule has 2 aromatic carbocycles. The van der Waals surface area contributed by atoms with E-state index in [9.17, 15) is 4.79 Å². The van der Waals surface area contributed by atoms with E-state index in [2.05, 4.69) is 41.0 Å². The van der Waals surface area contributed by atoms with Gasteiger partial charge in [0.05, 0.1) is 0 Å². The third-order valence-corrected chi connectivity index (χ3v) is 6.09. The van der Waals surface area contributed by atoms with Crippen LogP contribution in [0.15, 0.2) is 36.4 Å². The zero-order valence-electron chi connectivity index (χ0n) is 14.9. The van der Waals surface area contributed by atoms with Crippen LogP contribution in [0, 0.1) is 0 Å². The van der Waals surface area contributed by atoms with Gasteiger partial charge in [0.25, 0.3) is 0 Å². The highest BCUT2D eigenvalue weighted by Crippen LogP contribution is 2.40. The van der Waals surface area contributed by atoms with E-state index in [0.717, 1.165) is 56.6 Å². The maximum absolute atomic E-state index is 11.5. The Morgan fingerprint density at radius 1 is 0.846 bits per heavy atom. The van der Waals surface area contributed by atoms with Crippen molar-refractivity contribution in [3.63, 3.8) is 0 Å². The van der Waals surface area contributed by atoms with E-state index in [0.29, 0.717) is 6.42 Å². The van der Waals surface area contributed by atoms with Gasteiger partial charge in [-0.2, -0.15) is 0 Å². The first-order valence-corrected chi connectivity index (χ1v) is 9.67. The van der Waals surface area contributed by atoms with Crippen molar-refractivity contribution in [1.29, 1.82) is 0 Å². The zero-order chi connectivity index (χ0) is 17.6.